The molecule has 43 heavy (non-hydrogen) atoms. The summed E-state index contributed by atoms with van der Waals surface area (Å²) in [5.74, 6) is -0.934. The van der Waals surface area contributed by atoms with Crippen LogP contribution in [-0.2, 0) is 28.5 Å². The first kappa shape index (κ1) is 34.7. The minimum atomic E-state index is -1.75. The van der Waals surface area contributed by atoms with Crippen LogP contribution >= 0.6 is 0 Å². The molecular weight excluding hydrogens is 580 g/mol. The highest BCUT2D eigenvalue weighted by Crippen LogP contribution is 2.35. The topological polar surface area (TPSA) is 333 Å². The molecule has 0 aromatic heterocycles. The lowest BCUT2D eigenvalue weighted by Gasteiger charge is -2.51. The molecule has 0 spiro atoms. The number of likely N-dealkylation sites (N-methyl/N-ethyl adjacent to an activating group) is 1. The fourth-order valence-electron chi connectivity index (χ4n) is 5.97. The smallest absolute Gasteiger partial charge is 0.250 e. The van der Waals surface area contributed by atoms with Gasteiger partial charge in [0.2, 0.25) is 0 Å². The van der Waals surface area contributed by atoms with Crippen molar-refractivity contribution in [1.82, 2.24) is 10.6 Å². The number of aliphatic hydroxyl groups is 7. The zero-order valence-corrected chi connectivity index (χ0v) is 23.6. The average Bonchev–Trinajstić information content (AvgIpc) is 2.97. The van der Waals surface area contributed by atoms with Crippen molar-refractivity contribution in [2.75, 3.05) is 20.2 Å². The Hall–Kier alpha value is -1.21. The van der Waals surface area contributed by atoms with E-state index in [-0.39, 0.29) is 12.8 Å². The number of amides is 1. The van der Waals surface area contributed by atoms with Crippen molar-refractivity contribution in [3.8, 4) is 0 Å². The molecule has 1 amide bonds. The van der Waals surface area contributed by atoms with Gasteiger partial charge in [0.25, 0.3) is 5.91 Å². The Kier molecular flexibility index (Phi) is 11.7. The number of hydrogen-bond donors (Lipinski definition) is 13. The molecule has 3 heterocycles. The molecule has 0 aromatic rings. The molecule has 17 N–H and O–H groups in total. The van der Waals surface area contributed by atoms with Gasteiger partial charge < -0.3 is 93.0 Å². The van der Waals surface area contributed by atoms with Gasteiger partial charge in [-0.25, -0.2) is 0 Å². The van der Waals surface area contributed by atoms with E-state index in [9.17, 15) is 40.5 Å². The number of carbonyl (C=O) groups is 1. The second kappa shape index (κ2) is 14.5. The molecular formula is C24H46N6O13. The molecule has 0 bridgehead atoms. The summed E-state index contributed by atoms with van der Waals surface area (Å²) in [5.41, 5.74) is 23.5. The van der Waals surface area contributed by atoms with Crippen molar-refractivity contribution < 1.29 is 64.2 Å². The van der Waals surface area contributed by atoms with E-state index in [1.54, 1.807) is 0 Å². The number of hydrogen-bond acceptors (Lipinski definition) is 18. The van der Waals surface area contributed by atoms with E-state index in [2.05, 4.69) is 10.6 Å². The molecule has 18 atom stereocenters. The van der Waals surface area contributed by atoms with Gasteiger partial charge in [0.05, 0.1) is 36.9 Å². The minimum absolute atomic E-state index is 0.0936. The molecule has 4 fully saturated rings. The average molecular weight is 627 g/mol. The number of nitrogens with one attached hydrogen (secondary N) is 2. The number of carbonyl (C=O) groups excluding carboxylic acids is 1. The van der Waals surface area contributed by atoms with Gasteiger partial charge in [-0.15, -0.1) is 0 Å². The van der Waals surface area contributed by atoms with Gasteiger partial charge in [-0.2, -0.15) is 0 Å². The molecule has 4 rings (SSSR count). The molecule has 250 valence electrons. The molecule has 19 nitrogen and oxygen atoms in total. The maximum absolute atomic E-state index is 12.1. The first-order valence-corrected chi connectivity index (χ1v) is 14.2. The Labute approximate surface area is 247 Å². The van der Waals surface area contributed by atoms with Crippen LogP contribution in [0.2, 0.25) is 0 Å². The first-order valence-electron chi connectivity index (χ1n) is 14.2. The lowest BCUT2D eigenvalue weighted by Crippen LogP contribution is -2.70. The summed E-state index contributed by atoms with van der Waals surface area (Å²) >= 11 is 0. The van der Waals surface area contributed by atoms with Crippen LogP contribution in [0.3, 0.4) is 0 Å². The predicted octanol–water partition coefficient (Wildman–Crippen LogP) is -8.47. The highest BCUT2D eigenvalue weighted by Gasteiger charge is 2.54. The summed E-state index contributed by atoms with van der Waals surface area (Å²) < 4.78 is 29.4. The van der Waals surface area contributed by atoms with E-state index in [1.165, 1.54) is 7.05 Å². The summed E-state index contributed by atoms with van der Waals surface area (Å²) in [4.78, 5) is 12.1. The maximum atomic E-state index is 12.1. The van der Waals surface area contributed by atoms with Crippen molar-refractivity contribution in [3.05, 3.63) is 0 Å². The molecule has 4 aliphatic rings. The molecule has 0 radical (unpaired) electrons. The van der Waals surface area contributed by atoms with E-state index in [1.807, 2.05) is 0 Å². The van der Waals surface area contributed by atoms with Crippen molar-refractivity contribution in [2.45, 2.75) is 123 Å². The lowest BCUT2D eigenvalue weighted by molar-refractivity contribution is -0.373. The van der Waals surface area contributed by atoms with E-state index >= 15 is 0 Å². The predicted molar refractivity (Wildman–Crippen MR) is 142 cm³/mol. The molecule has 0 aromatic carbocycles. The molecule has 1 aliphatic carbocycles. The van der Waals surface area contributed by atoms with Crippen LogP contribution in [-0.4, -0.2) is 172 Å². The third-order valence-corrected chi connectivity index (χ3v) is 8.52. The third-order valence-electron chi connectivity index (χ3n) is 8.52. The van der Waals surface area contributed by atoms with E-state index in [0.29, 0.717) is 0 Å². The van der Waals surface area contributed by atoms with Crippen LogP contribution in [0.5, 0.6) is 0 Å². The van der Waals surface area contributed by atoms with E-state index in [0.717, 1.165) is 0 Å². The van der Waals surface area contributed by atoms with Gasteiger partial charge in [-0.05, 0) is 19.9 Å². The summed E-state index contributed by atoms with van der Waals surface area (Å²) in [6.45, 7) is -1.09. The highest BCUT2D eigenvalue weighted by molar-refractivity contribution is 5.81. The number of aliphatic hydroxyl groups excluding tert-OH is 7. The van der Waals surface area contributed by atoms with E-state index < -0.39 is 129 Å². The van der Waals surface area contributed by atoms with Gasteiger partial charge in [-0.3, -0.25) is 4.79 Å². The second-order valence-corrected chi connectivity index (χ2v) is 11.5. The quantitative estimate of drug-likeness (QED) is 0.113. The van der Waals surface area contributed by atoms with Gasteiger partial charge >= 0.3 is 0 Å². The summed E-state index contributed by atoms with van der Waals surface area (Å²) in [7, 11) is 1.51. The Morgan fingerprint density at radius 2 is 1.53 bits per heavy atom. The van der Waals surface area contributed by atoms with Gasteiger partial charge in [0.15, 0.2) is 18.9 Å². The normalized spacial score (nSPS) is 49.6. The van der Waals surface area contributed by atoms with Crippen LogP contribution in [0.25, 0.3) is 0 Å². The number of nitrogens with two attached hydrogens (primary N) is 4. The highest BCUT2D eigenvalue weighted by atomic mass is 16.8. The van der Waals surface area contributed by atoms with Crippen molar-refractivity contribution >= 4 is 5.91 Å². The lowest BCUT2D eigenvalue weighted by atomic mass is 9.84. The van der Waals surface area contributed by atoms with Crippen LogP contribution in [0.1, 0.15) is 12.8 Å². The zero-order valence-electron chi connectivity index (χ0n) is 23.6. The Bertz CT molecular complexity index is 925. The van der Waals surface area contributed by atoms with Gasteiger partial charge in [0.1, 0.15) is 48.8 Å². The van der Waals surface area contributed by atoms with Gasteiger partial charge in [-0.1, -0.05) is 0 Å². The van der Waals surface area contributed by atoms with Gasteiger partial charge in [0, 0.05) is 18.6 Å². The second-order valence-electron chi connectivity index (χ2n) is 11.5. The summed E-state index contributed by atoms with van der Waals surface area (Å²) in [5, 5.41) is 78.0. The van der Waals surface area contributed by atoms with Crippen LogP contribution in [0, 0.1) is 0 Å². The number of ether oxygens (including phenoxy) is 5. The van der Waals surface area contributed by atoms with Crippen molar-refractivity contribution in [1.29, 1.82) is 0 Å². The summed E-state index contributed by atoms with van der Waals surface area (Å²) in [6, 6.07) is -4.55. The van der Waals surface area contributed by atoms with Crippen molar-refractivity contribution in [2.24, 2.45) is 22.9 Å². The molecule has 19 heteroatoms. The largest absolute Gasteiger partial charge is 0.394 e. The third kappa shape index (κ3) is 7.13. The molecule has 9 unspecified atom stereocenters. The monoisotopic (exact) mass is 626 g/mol. The number of fused-ring (bicyclic) bond motifs is 1. The molecule has 1 saturated carbocycles. The van der Waals surface area contributed by atoms with E-state index in [4.69, 9.17) is 46.6 Å². The fraction of sp³-hybridized carbons (Fsp3) is 0.958. The Balaban J connectivity index is 1.42. The van der Waals surface area contributed by atoms with Crippen molar-refractivity contribution in [3.63, 3.8) is 0 Å². The molecule has 3 aliphatic heterocycles. The summed E-state index contributed by atoms with van der Waals surface area (Å²) in [6.07, 6.45) is -16.8. The van der Waals surface area contributed by atoms with Crippen LogP contribution in [0.4, 0.5) is 0 Å². The minimum Gasteiger partial charge on any atom is -0.394 e. The maximum Gasteiger partial charge on any atom is 0.250 e. The molecule has 3 saturated heterocycles. The Morgan fingerprint density at radius 1 is 0.837 bits per heavy atom. The first-order chi connectivity index (χ1) is 20.3. The zero-order chi connectivity index (χ0) is 31.7. The van der Waals surface area contributed by atoms with Crippen LogP contribution in [0.15, 0.2) is 0 Å². The SMILES string of the molecule is CNC1C(O[C@H]2OC(CO)[C@@H](NC(=O)[C@@H](O)CN)[C@H](O)C2O)O[C@H]2CC(N)[C@@H](O[C@@H]3C(N)C[C@@H](N)C(O)[C@H]3O)OC2C1O. The Morgan fingerprint density at radius 3 is 2.16 bits per heavy atom. The standard InChI is InChI=1S/C24H46N6O13/c1-29-13-16(35)20-10(3-8(28)22(42-20)41-19-7(27)2-6(26)14(33)17(19)36)39-23(13)43-24-18(37)15(34)12(11(5-31)40-24)30-21(38)9(32)4-25/h6-20,22-24,29,31-37H,2-5,25-28H2,1H3,(H,30,38)/t6-,7?,8?,9+,10+,11?,12-,13?,14?,15+,16?,17-,18?,19-,20?,22+,23?,24-/m1/s1. The fourth-order valence-corrected chi connectivity index (χ4v) is 5.97. The van der Waals surface area contributed by atoms with Crippen LogP contribution < -0.4 is 33.6 Å². The number of rotatable bonds is 9.